The van der Waals surface area contributed by atoms with Crippen molar-refractivity contribution in [2.75, 3.05) is 0 Å². The predicted octanol–water partition coefficient (Wildman–Crippen LogP) is 5.47. The number of aliphatic hydroxyl groups excluding tert-OH is 1. The van der Waals surface area contributed by atoms with Crippen LogP contribution < -0.4 is 11.5 Å². The average Bonchev–Trinajstić information content (AvgIpc) is 2.73. The maximum atomic E-state index is 9.31. The van der Waals surface area contributed by atoms with Gasteiger partial charge in [0, 0.05) is 0 Å². The fourth-order valence-electron chi connectivity index (χ4n) is 3.94. The van der Waals surface area contributed by atoms with Gasteiger partial charge in [-0.25, -0.2) is 0 Å². The molecule has 1 aliphatic carbocycles. The fourth-order valence-corrected chi connectivity index (χ4v) is 3.94. The lowest BCUT2D eigenvalue weighted by Gasteiger charge is -2.18. The first-order valence-electron chi connectivity index (χ1n) is 9.57. The molecule has 0 heterocycles. The largest absolute Gasteiger partial charge is 0.493 e. The zero-order valence-corrected chi connectivity index (χ0v) is 15.7. The van der Waals surface area contributed by atoms with E-state index in [-0.39, 0.29) is 11.6 Å². The van der Waals surface area contributed by atoms with Gasteiger partial charge in [0.15, 0.2) is 0 Å². The highest BCUT2D eigenvalue weighted by molar-refractivity contribution is 6.12. The molecule has 3 aromatic rings. The van der Waals surface area contributed by atoms with Crippen LogP contribution in [0.1, 0.15) is 24.0 Å². The summed E-state index contributed by atoms with van der Waals surface area (Å²) in [5.74, 6) is -0.350. The summed E-state index contributed by atoms with van der Waals surface area (Å²) in [7, 11) is 0. The van der Waals surface area contributed by atoms with E-state index in [1.807, 2.05) is 6.08 Å². The Morgan fingerprint density at radius 1 is 0.893 bits per heavy atom. The topological polar surface area (TPSA) is 72.3 Å². The van der Waals surface area contributed by atoms with Crippen molar-refractivity contribution in [2.45, 2.75) is 19.3 Å². The van der Waals surface area contributed by atoms with Crippen LogP contribution in [0.3, 0.4) is 0 Å². The number of allylic oxidation sites excluding steroid dienone is 6. The second-order valence-corrected chi connectivity index (χ2v) is 7.03. The fraction of sp³-hybridized carbons (Fsp3) is 0.120. The summed E-state index contributed by atoms with van der Waals surface area (Å²) in [6.07, 6.45) is 13.3. The Labute approximate surface area is 165 Å². The monoisotopic (exact) mass is 368 g/mol. The van der Waals surface area contributed by atoms with Gasteiger partial charge in [-0.15, -0.1) is 0 Å². The molecule has 0 fully saturated rings. The standard InChI is InChI=1S/C25H24N2O/c26-23(25(27)28)16-8-15-18-19-11-4-6-13-21(19)24(17-9-2-1-3-10-17)22-14-7-5-12-20(18)22/h2,4-14,16,28H,1,3,15,26-27H2/b16-8-,25-23-. The second-order valence-electron chi connectivity index (χ2n) is 7.03. The van der Waals surface area contributed by atoms with Gasteiger partial charge < -0.3 is 16.6 Å². The number of rotatable bonds is 4. The van der Waals surface area contributed by atoms with Crippen LogP contribution in [-0.2, 0) is 6.42 Å². The lowest BCUT2D eigenvalue weighted by molar-refractivity contribution is 0.399. The summed E-state index contributed by atoms with van der Waals surface area (Å²) < 4.78 is 0. The molecule has 0 aromatic heterocycles. The summed E-state index contributed by atoms with van der Waals surface area (Å²) in [5, 5.41) is 14.3. The maximum Gasteiger partial charge on any atom is 0.205 e. The van der Waals surface area contributed by atoms with Crippen LogP contribution in [-0.4, -0.2) is 5.11 Å². The molecule has 0 spiro atoms. The van der Waals surface area contributed by atoms with Crippen LogP contribution in [0.2, 0.25) is 0 Å². The SMILES string of the molecule is N/C(O)=C(N)\C=C/Cc1c2ccccc2c(C2=CCCC=C2)c2ccccc12. The van der Waals surface area contributed by atoms with Crippen LogP contribution in [0.25, 0.3) is 27.1 Å². The molecule has 3 aromatic carbocycles. The smallest absolute Gasteiger partial charge is 0.205 e. The molecule has 0 bridgehead atoms. The molecule has 0 amide bonds. The van der Waals surface area contributed by atoms with Gasteiger partial charge in [-0.1, -0.05) is 72.8 Å². The average molecular weight is 368 g/mol. The number of nitrogens with two attached hydrogens (primary N) is 2. The Bertz CT molecular complexity index is 1100. The van der Waals surface area contributed by atoms with Gasteiger partial charge in [-0.2, -0.15) is 0 Å². The number of fused-ring (bicyclic) bond motifs is 2. The molecule has 4 rings (SSSR count). The van der Waals surface area contributed by atoms with E-state index in [9.17, 15) is 5.11 Å². The van der Waals surface area contributed by atoms with Crippen LogP contribution in [0, 0.1) is 0 Å². The molecule has 3 nitrogen and oxygen atoms in total. The van der Waals surface area contributed by atoms with Gasteiger partial charge in [0.1, 0.15) is 0 Å². The van der Waals surface area contributed by atoms with Crippen molar-refractivity contribution in [2.24, 2.45) is 11.5 Å². The van der Waals surface area contributed by atoms with Crippen molar-refractivity contribution in [3.8, 4) is 0 Å². The lowest BCUT2D eigenvalue weighted by atomic mass is 9.86. The van der Waals surface area contributed by atoms with Crippen LogP contribution in [0.4, 0.5) is 0 Å². The van der Waals surface area contributed by atoms with E-state index in [2.05, 4.69) is 66.8 Å². The Morgan fingerprint density at radius 2 is 1.50 bits per heavy atom. The van der Waals surface area contributed by atoms with E-state index in [1.165, 1.54) is 38.2 Å². The van der Waals surface area contributed by atoms with E-state index >= 15 is 0 Å². The van der Waals surface area contributed by atoms with Gasteiger partial charge in [0.25, 0.3) is 0 Å². The minimum atomic E-state index is -0.350. The minimum Gasteiger partial charge on any atom is -0.493 e. The molecule has 140 valence electrons. The first-order chi connectivity index (χ1) is 13.7. The number of benzene rings is 3. The number of hydrogen-bond acceptors (Lipinski definition) is 3. The first-order valence-corrected chi connectivity index (χ1v) is 9.57. The molecule has 0 aliphatic heterocycles. The van der Waals surface area contributed by atoms with Crippen molar-refractivity contribution < 1.29 is 5.11 Å². The van der Waals surface area contributed by atoms with E-state index in [1.54, 1.807) is 6.08 Å². The lowest BCUT2D eigenvalue weighted by Crippen LogP contribution is -2.06. The van der Waals surface area contributed by atoms with E-state index in [0.717, 1.165) is 12.8 Å². The maximum absolute atomic E-state index is 9.31. The molecular weight excluding hydrogens is 344 g/mol. The molecule has 28 heavy (non-hydrogen) atoms. The number of hydrogen-bond donors (Lipinski definition) is 3. The normalized spacial score (nSPS) is 15.2. The van der Waals surface area contributed by atoms with Gasteiger partial charge in [0.05, 0.1) is 5.70 Å². The molecule has 0 saturated heterocycles. The zero-order valence-electron chi connectivity index (χ0n) is 15.7. The van der Waals surface area contributed by atoms with Crippen molar-refractivity contribution in [1.82, 2.24) is 0 Å². The molecular formula is C25H24N2O. The highest BCUT2D eigenvalue weighted by Gasteiger charge is 2.15. The third-order valence-electron chi connectivity index (χ3n) is 5.24. The summed E-state index contributed by atoms with van der Waals surface area (Å²) in [6.45, 7) is 0. The van der Waals surface area contributed by atoms with E-state index in [0.29, 0.717) is 6.42 Å². The van der Waals surface area contributed by atoms with Gasteiger partial charge >= 0.3 is 0 Å². The second kappa shape index (κ2) is 7.65. The first kappa shape index (κ1) is 17.9. The predicted molar refractivity (Wildman–Crippen MR) is 119 cm³/mol. The minimum absolute atomic E-state index is 0.183. The summed E-state index contributed by atoms with van der Waals surface area (Å²) in [6, 6.07) is 17.1. The Kier molecular flexibility index (Phi) is 4.90. The van der Waals surface area contributed by atoms with Gasteiger partial charge in [-0.3, -0.25) is 0 Å². The third-order valence-corrected chi connectivity index (χ3v) is 5.24. The summed E-state index contributed by atoms with van der Waals surface area (Å²) in [4.78, 5) is 0. The van der Waals surface area contributed by atoms with Crippen molar-refractivity contribution >= 4 is 27.1 Å². The molecule has 0 saturated carbocycles. The van der Waals surface area contributed by atoms with Crippen LogP contribution in [0.15, 0.2) is 90.5 Å². The summed E-state index contributed by atoms with van der Waals surface area (Å²) >= 11 is 0. The highest BCUT2D eigenvalue weighted by atomic mass is 16.3. The van der Waals surface area contributed by atoms with E-state index < -0.39 is 0 Å². The molecule has 5 N–H and O–H groups in total. The molecule has 0 atom stereocenters. The van der Waals surface area contributed by atoms with Crippen LogP contribution >= 0.6 is 0 Å². The van der Waals surface area contributed by atoms with Crippen molar-refractivity contribution in [3.63, 3.8) is 0 Å². The van der Waals surface area contributed by atoms with Gasteiger partial charge in [-0.05, 0) is 63.6 Å². The summed E-state index contributed by atoms with van der Waals surface area (Å²) in [5.41, 5.74) is 15.1. The number of aliphatic hydroxyl groups is 1. The molecule has 1 aliphatic rings. The molecule has 0 radical (unpaired) electrons. The quantitative estimate of drug-likeness (QED) is 0.325. The molecule has 0 unspecified atom stereocenters. The highest BCUT2D eigenvalue weighted by Crippen LogP contribution is 2.38. The van der Waals surface area contributed by atoms with Crippen LogP contribution in [0.5, 0.6) is 0 Å². The Morgan fingerprint density at radius 3 is 2.04 bits per heavy atom. The van der Waals surface area contributed by atoms with Crippen molar-refractivity contribution in [3.05, 3.63) is 102 Å². The Balaban J connectivity index is 1.97. The van der Waals surface area contributed by atoms with E-state index in [4.69, 9.17) is 11.5 Å². The zero-order chi connectivity index (χ0) is 19.5. The molecule has 3 heteroatoms. The third kappa shape index (κ3) is 3.27. The van der Waals surface area contributed by atoms with Crippen molar-refractivity contribution in [1.29, 1.82) is 0 Å². The Hall–Kier alpha value is -3.46. The van der Waals surface area contributed by atoms with Gasteiger partial charge in [0.2, 0.25) is 5.88 Å².